The van der Waals surface area contributed by atoms with Crippen molar-refractivity contribution in [2.24, 2.45) is 0 Å². The number of fused-ring (bicyclic) bond motifs is 1. The van der Waals surface area contributed by atoms with Gasteiger partial charge in [0.1, 0.15) is 13.2 Å². The predicted octanol–water partition coefficient (Wildman–Crippen LogP) is 11.2. The fraction of sp³-hybridized carbons (Fsp3) is 0.816. The van der Waals surface area contributed by atoms with E-state index in [1.165, 1.54) is 64.2 Å². The van der Waals surface area contributed by atoms with Crippen LogP contribution in [-0.2, 0) is 38.0 Å². The molecule has 3 N–H and O–H groups in total. The molecule has 2 rings (SSSR count). The number of unbranched alkanes of at least 4 members (excludes halogenated alkanes) is 20. The second-order valence-corrected chi connectivity index (χ2v) is 16.3. The molecule has 0 atom stereocenters. The number of imidazole rings is 1. The standard InChI is InChI=1S/C49H87N3O10/c1-3-5-7-23-29-55-33-35-57-37-39-61-47(53)27-21-17-13-9-11-15-19-25-31-59-45-41-43-44(52-49(50)51-43)42-46(45)60-32-26-20-16-12-10-14-18-22-28-48(54)62-40-38-58-36-34-56-30-24-8-6-4-2/h41-42H,3-40H2,1-2H3,(H3,50,51,52). The van der Waals surface area contributed by atoms with E-state index in [9.17, 15) is 9.59 Å². The molecule has 0 fully saturated rings. The zero-order valence-corrected chi connectivity index (χ0v) is 39.1. The molecule has 0 saturated heterocycles. The van der Waals surface area contributed by atoms with Gasteiger partial charge in [0, 0.05) is 38.2 Å². The lowest BCUT2D eigenvalue weighted by Gasteiger charge is -2.13. The molecule has 1 heterocycles. The molecular weight excluding hydrogens is 791 g/mol. The van der Waals surface area contributed by atoms with Crippen LogP contribution in [0.15, 0.2) is 12.1 Å². The zero-order valence-electron chi connectivity index (χ0n) is 39.1. The maximum Gasteiger partial charge on any atom is 0.305 e. The predicted molar refractivity (Wildman–Crippen MR) is 248 cm³/mol. The number of rotatable bonds is 46. The van der Waals surface area contributed by atoms with E-state index in [-0.39, 0.29) is 11.9 Å². The summed E-state index contributed by atoms with van der Waals surface area (Å²) < 4.78 is 45.1. The normalized spacial score (nSPS) is 11.4. The van der Waals surface area contributed by atoms with E-state index in [1.807, 2.05) is 12.1 Å². The molecule has 0 aliphatic heterocycles. The van der Waals surface area contributed by atoms with Crippen LogP contribution in [0.1, 0.15) is 181 Å². The highest BCUT2D eigenvalue weighted by atomic mass is 16.6. The first kappa shape index (κ1) is 55.0. The number of nitrogen functional groups attached to an aromatic ring is 1. The molecule has 358 valence electrons. The first-order chi connectivity index (χ1) is 30.5. The third-order valence-corrected chi connectivity index (χ3v) is 10.6. The Morgan fingerprint density at radius 3 is 1.26 bits per heavy atom. The largest absolute Gasteiger partial charge is 0.490 e. The summed E-state index contributed by atoms with van der Waals surface area (Å²) >= 11 is 0. The molecule has 0 aliphatic carbocycles. The average Bonchev–Trinajstić information content (AvgIpc) is 3.64. The van der Waals surface area contributed by atoms with Gasteiger partial charge in [0.15, 0.2) is 17.4 Å². The van der Waals surface area contributed by atoms with Crippen molar-refractivity contribution in [1.29, 1.82) is 0 Å². The van der Waals surface area contributed by atoms with Gasteiger partial charge in [-0.3, -0.25) is 9.59 Å². The molecule has 0 bridgehead atoms. The molecule has 62 heavy (non-hydrogen) atoms. The number of ether oxygens (including phenoxy) is 8. The summed E-state index contributed by atoms with van der Waals surface area (Å²) in [6.07, 6.45) is 27.8. The summed E-state index contributed by atoms with van der Waals surface area (Å²) in [6.45, 7) is 10.9. The zero-order chi connectivity index (χ0) is 44.4. The van der Waals surface area contributed by atoms with Gasteiger partial charge in [-0.25, -0.2) is 4.98 Å². The Labute approximate surface area is 374 Å². The highest BCUT2D eigenvalue weighted by molar-refractivity contribution is 5.81. The maximum atomic E-state index is 12.0. The lowest BCUT2D eigenvalue weighted by atomic mass is 10.1. The number of nitrogens with zero attached hydrogens (tertiary/aromatic N) is 1. The maximum absolute atomic E-state index is 12.0. The van der Waals surface area contributed by atoms with Gasteiger partial charge in [0.25, 0.3) is 0 Å². The molecule has 1 aromatic heterocycles. The Hall–Kier alpha value is -3.13. The molecule has 0 amide bonds. The Morgan fingerprint density at radius 1 is 0.452 bits per heavy atom. The van der Waals surface area contributed by atoms with Crippen molar-refractivity contribution in [2.75, 3.05) is 85.0 Å². The van der Waals surface area contributed by atoms with Crippen molar-refractivity contribution in [1.82, 2.24) is 9.97 Å². The van der Waals surface area contributed by atoms with E-state index >= 15 is 0 Å². The number of benzene rings is 1. The minimum atomic E-state index is -0.139. The number of nitrogens with one attached hydrogen (secondary N) is 1. The van der Waals surface area contributed by atoms with Crippen molar-refractivity contribution in [2.45, 2.75) is 181 Å². The van der Waals surface area contributed by atoms with E-state index in [4.69, 9.17) is 43.6 Å². The summed E-state index contributed by atoms with van der Waals surface area (Å²) in [6, 6.07) is 3.85. The van der Waals surface area contributed by atoms with Crippen molar-refractivity contribution in [3.8, 4) is 11.5 Å². The summed E-state index contributed by atoms with van der Waals surface area (Å²) in [7, 11) is 0. The number of hydrogen-bond acceptors (Lipinski definition) is 12. The van der Waals surface area contributed by atoms with E-state index < -0.39 is 0 Å². The van der Waals surface area contributed by atoms with Crippen molar-refractivity contribution < 1.29 is 47.5 Å². The monoisotopic (exact) mass is 878 g/mol. The van der Waals surface area contributed by atoms with Crippen LogP contribution in [0.5, 0.6) is 11.5 Å². The van der Waals surface area contributed by atoms with Crippen LogP contribution in [0.4, 0.5) is 5.95 Å². The Bertz CT molecular complexity index is 1250. The second-order valence-electron chi connectivity index (χ2n) is 16.3. The van der Waals surface area contributed by atoms with Gasteiger partial charge in [-0.05, 0) is 38.5 Å². The van der Waals surface area contributed by atoms with Crippen LogP contribution < -0.4 is 15.2 Å². The van der Waals surface area contributed by atoms with Crippen LogP contribution >= 0.6 is 0 Å². The number of esters is 2. The van der Waals surface area contributed by atoms with E-state index in [0.29, 0.717) is 90.6 Å². The quantitative estimate of drug-likeness (QED) is 0.0479. The second kappa shape index (κ2) is 40.6. The molecule has 2 aromatic rings. The molecule has 1 aromatic carbocycles. The highest BCUT2D eigenvalue weighted by Crippen LogP contribution is 2.32. The molecule has 0 spiro atoms. The fourth-order valence-corrected chi connectivity index (χ4v) is 6.97. The lowest BCUT2D eigenvalue weighted by molar-refractivity contribution is -0.146. The SMILES string of the molecule is CCCCCCOCCOCCOC(=O)CCCCCCCCCCOc1cc2nc(N)[nH]c2cc1OCCCCCCCCCCC(=O)OCCOCCOCCCCCC. The Morgan fingerprint density at radius 2 is 0.806 bits per heavy atom. The molecule has 0 unspecified atom stereocenters. The molecule has 0 radical (unpaired) electrons. The number of nitrogens with two attached hydrogens (primary N) is 1. The van der Waals surface area contributed by atoms with Crippen LogP contribution in [0.2, 0.25) is 0 Å². The van der Waals surface area contributed by atoms with Crippen LogP contribution in [0.25, 0.3) is 11.0 Å². The number of H-pyrrole nitrogens is 1. The number of anilines is 1. The van der Waals surface area contributed by atoms with Crippen molar-refractivity contribution >= 4 is 28.9 Å². The van der Waals surface area contributed by atoms with Gasteiger partial charge in [-0.15, -0.1) is 0 Å². The van der Waals surface area contributed by atoms with E-state index in [1.54, 1.807) is 0 Å². The van der Waals surface area contributed by atoms with Crippen molar-refractivity contribution in [3.63, 3.8) is 0 Å². The molecule has 0 aliphatic rings. The number of carbonyl (C=O) groups excluding carboxylic acids is 2. The summed E-state index contributed by atoms with van der Waals surface area (Å²) in [5, 5.41) is 0. The van der Waals surface area contributed by atoms with Crippen LogP contribution in [-0.4, -0.2) is 101 Å². The van der Waals surface area contributed by atoms with Crippen molar-refractivity contribution in [3.05, 3.63) is 12.1 Å². The van der Waals surface area contributed by atoms with Gasteiger partial charge >= 0.3 is 11.9 Å². The van der Waals surface area contributed by atoms with Crippen LogP contribution in [0, 0.1) is 0 Å². The number of carbonyl (C=O) groups is 2. The van der Waals surface area contributed by atoms with Gasteiger partial charge < -0.3 is 48.6 Å². The fourth-order valence-electron chi connectivity index (χ4n) is 6.97. The van der Waals surface area contributed by atoms with Gasteiger partial charge in [0.2, 0.25) is 0 Å². The van der Waals surface area contributed by atoms with Crippen LogP contribution in [0.3, 0.4) is 0 Å². The molecule has 13 heteroatoms. The number of aromatic nitrogens is 2. The summed E-state index contributed by atoms with van der Waals surface area (Å²) in [5.74, 6) is 1.52. The highest BCUT2D eigenvalue weighted by Gasteiger charge is 2.12. The topological polar surface area (TPSA) is 163 Å². The molecular formula is C49H87N3O10. The first-order valence-corrected chi connectivity index (χ1v) is 24.7. The molecule has 13 nitrogen and oxygen atoms in total. The van der Waals surface area contributed by atoms with Gasteiger partial charge in [0.05, 0.1) is 63.9 Å². The summed E-state index contributed by atoms with van der Waals surface area (Å²) in [4.78, 5) is 31.5. The minimum absolute atomic E-state index is 0.139. The number of aromatic amines is 1. The average molecular weight is 878 g/mol. The third kappa shape index (κ3) is 31.7. The van der Waals surface area contributed by atoms with Gasteiger partial charge in [-0.1, -0.05) is 129 Å². The summed E-state index contributed by atoms with van der Waals surface area (Å²) in [5.41, 5.74) is 7.53. The lowest BCUT2D eigenvalue weighted by Crippen LogP contribution is -2.13. The first-order valence-electron chi connectivity index (χ1n) is 24.7. The van der Waals surface area contributed by atoms with E-state index in [2.05, 4.69) is 23.8 Å². The number of hydrogen-bond donors (Lipinski definition) is 2. The van der Waals surface area contributed by atoms with Gasteiger partial charge in [-0.2, -0.15) is 0 Å². The minimum Gasteiger partial charge on any atom is -0.490 e. The Balaban J connectivity index is 1.42. The van der Waals surface area contributed by atoms with E-state index in [0.717, 1.165) is 120 Å². The Kier molecular flexibility index (Phi) is 36.0. The smallest absolute Gasteiger partial charge is 0.305 e. The third-order valence-electron chi connectivity index (χ3n) is 10.6. The molecule has 0 saturated carbocycles.